The molecule has 1 aliphatic rings. The van der Waals surface area contributed by atoms with E-state index < -0.39 is 29.0 Å². The Balaban J connectivity index is 1.92. The first-order chi connectivity index (χ1) is 14.1. The highest BCUT2D eigenvalue weighted by molar-refractivity contribution is 6.42. The number of rotatable bonds is 4. The molecule has 0 bridgehead atoms. The minimum Gasteiger partial charge on any atom is -0.373 e. The molecule has 0 radical (unpaired) electrons. The number of nitrogens with zero attached hydrogens (tertiary/aromatic N) is 2. The quantitative estimate of drug-likeness (QED) is 0.591. The van der Waals surface area contributed by atoms with Gasteiger partial charge >= 0.3 is 0 Å². The van der Waals surface area contributed by atoms with Gasteiger partial charge in [0, 0.05) is 17.8 Å². The number of Topliss-reactive ketones (excluding diaryl/α,β-unsaturated/α-hetero) is 1. The number of fused-ring (bicyclic) bond motifs is 1. The number of benzene rings is 1. The number of nitriles is 1. The molecule has 0 fully saturated rings. The van der Waals surface area contributed by atoms with Gasteiger partial charge in [-0.3, -0.25) is 14.4 Å². The molecular formula is C21H21FN4O4. The zero-order valence-corrected chi connectivity index (χ0v) is 16.8. The van der Waals surface area contributed by atoms with Crippen LogP contribution in [0, 0.1) is 17.1 Å². The first kappa shape index (κ1) is 21.2. The third kappa shape index (κ3) is 4.39. The first-order valence-corrected chi connectivity index (χ1v) is 9.28. The fourth-order valence-corrected chi connectivity index (χ4v) is 3.11. The number of carbonyl (C=O) groups excluding carboxylic acids is 3. The van der Waals surface area contributed by atoms with E-state index >= 15 is 0 Å². The van der Waals surface area contributed by atoms with E-state index in [1.807, 2.05) is 0 Å². The van der Waals surface area contributed by atoms with Crippen molar-refractivity contribution in [2.24, 2.45) is 0 Å². The number of aromatic nitrogens is 1. The average molecular weight is 412 g/mol. The Morgan fingerprint density at radius 2 is 1.97 bits per heavy atom. The summed E-state index contributed by atoms with van der Waals surface area (Å²) in [5.74, 6) is -2.77. The molecule has 2 aromatic rings. The first-order valence-electron chi connectivity index (χ1n) is 9.28. The lowest BCUT2D eigenvalue weighted by molar-refractivity contribution is -0.118. The summed E-state index contributed by atoms with van der Waals surface area (Å²) in [5, 5.41) is 14.2. The molecule has 2 heterocycles. The van der Waals surface area contributed by atoms with E-state index in [1.165, 1.54) is 18.2 Å². The van der Waals surface area contributed by atoms with E-state index in [-0.39, 0.29) is 29.1 Å². The van der Waals surface area contributed by atoms with Crippen molar-refractivity contribution >= 4 is 23.3 Å². The number of hydrogen-bond donors (Lipinski definition) is 2. The minimum absolute atomic E-state index is 0.0945. The maximum atomic E-state index is 13.5. The lowest BCUT2D eigenvalue weighted by Crippen LogP contribution is -2.44. The van der Waals surface area contributed by atoms with Gasteiger partial charge in [0.15, 0.2) is 0 Å². The standard InChI is InChI=1S/C21H21FN4O4/c1-21(2,3)25-20(29)18(27)16-9-14(17-11-30-7-6-26(16)17)19(28)24-13-4-5-15(22)12(8-13)10-23/h4-5,8-9H,6-7,11H2,1-3H3,(H,24,28)(H,25,29). The van der Waals surface area contributed by atoms with Crippen LogP contribution in [0.3, 0.4) is 0 Å². The molecule has 0 saturated carbocycles. The van der Waals surface area contributed by atoms with E-state index in [1.54, 1.807) is 31.4 Å². The van der Waals surface area contributed by atoms with E-state index in [0.29, 0.717) is 18.8 Å². The largest absolute Gasteiger partial charge is 0.373 e. The lowest BCUT2D eigenvalue weighted by Gasteiger charge is -2.21. The monoisotopic (exact) mass is 412 g/mol. The van der Waals surface area contributed by atoms with Crippen molar-refractivity contribution in [1.82, 2.24) is 9.88 Å². The SMILES string of the molecule is CC(C)(C)NC(=O)C(=O)c1cc(C(=O)Nc2ccc(F)c(C#N)c2)c2n1CCOC2. The molecule has 1 aromatic heterocycles. The Kier molecular flexibility index (Phi) is 5.71. The molecule has 2 amide bonds. The van der Waals surface area contributed by atoms with Gasteiger partial charge in [-0.25, -0.2) is 4.39 Å². The smallest absolute Gasteiger partial charge is 0.294 e. The number of ether oxygens (including phenoxy) is 1. The van der Waals surface area contributed by atoms with Crippen molar-refractivity contribution in [1.29, 1.82) is 5.26 Å². The number of amides is 2. The fraction of sp³-hybridized carbons (Fsp3) is 0.333. The minimum atomic E-state index is -0.765. The van der Waals surface area contributed by atoms with Crippen molar-refractivity contribution in [3.8, 4) is 6.07 Å². The van der Waals surface area contributed by atoms with Crippen LogP contribution in [0.1, 0.15) is 52.9 Å². The number of halogens is 1. The summed E-state index contributed by atoms with van der Waals surface area (Å²) in [5.41, 5.74) is 0.168. The third-order valence-corrected chi connectivity index (χ3v) is 4.42. The van der Waals surface area contributed by atoms with Crippen molar-refractivity contribution in [2.75, 3.05) is 11.9 Å². The molecule has 0 spiro atoms. The van der Waals surface area contributed by atoms with E-state index in [4.69, 9.17) is 10.00 Å². The zero-order chi connectivity index (χ0) is 22.1. The third-order valence-electron chi connectivity index (χ3n) is 4.42. The van der Waals surface area contributed by atoms with Crippen molar-refractivity contribution in [2.45, 2.75) is 39.5 Å². The maximum absolute atomic E-state index is 13.5. The maximum Gasteiger partial charge on any atom is 0.294 e. The number of nitrogens with one attached hydrogen (secondary N) is 2. The van der Waals surface area contributed by atoms with Crippen molar-refractivity contribution in [3.63, 3.8) is 0 Å². The molecule has 9 heteroatoms. The summed E-state index contributed by atoms with van der Waals surface area (Å²) in [6, 6.07) is 6.70. The molecule has 0 atom stereocenters. The fourth-order valence-electron chi connectivity index (χ4n) is 3.11. The summed E-state index contributed by atoms with van der Waals surface area (Å²) in [4.78, 5) is 37.9. The lowest BCUT2D eigenvalue weighted by atomic mass is 10.1. The molecule has 1 aliphatic heterocycles. The highest BCUT2D eigenvalue weighted by Crippen LogP contribution is 2.23. The molecule has 0 saturated heterocycles. The summed E-state index contributed by atoms with van der Waals surface area (Å²) in [7, 11) is 0. The van der Waals surface area contributed by atoms with Gasteiger partial charge in [0.05, 0.1) is 35.7 Å². The van der Waals surface area contributed by atoms with Gasteiger partial charge < -0.3 is 19.9 Å². The summed E-state index contributed by atoms with van der Waals surface area (Å²) < 4.78 is 20.5. The van der Waals surface area contributed by atoms with Crippen LogP contribution in [0.15, 0.2) is 24.3 Å². The van der Waals surface area contributed by atoms with Gasteiger partial charge in [-0.2, -0.15) is 5.26 Å². The Morgan fingerprint density at radius 1 is 1.23 bits per heavy atom. The summed E-state index contributed by atoms with van der Waals surface area (Å²) in [6.07, 6.45) is 0. The number of ketones is 1. The van der Waals surface area contributed by atoms with Gasteiger partial charge in [0.2, 0.25) is 0 Å². The highest BCUT2D eigenvalue weighted by Gasteiger charge is 2.30. The van der Waals surface area contributed by atoms with Crippen LogP contribution in [-0.2, 0) is 22.7 Å². The average Bonchev–Trinajstić information content (AvgIpc) is 3.07. The van der Waals surface area contributed by atoms with Crippen LogP contribution < -0.4 is 10.6 Å². The zero-order valence-electron chi connectivity index (χ0n) is 16.8. The van der Waals surface area contributed by atoms with Crippen LogP contribution in [0.25, 0.3) is 0 Å². The van der Waals surface area contributed by atoms with Gasteiger partial charge in [-0.15, -0.1) is 0 Å². The second-order valence-electron chi connectivity index (χ2n) is 7.89. The number of anilines is 1. The van der Waals surface area contributed by atoms with Crippen LogP contribution in [0.2, 0.25) is 0 Å². The molecule has 30 heavy (non-hydrogen) atoms. The van der Waals surface area contributed by atoms with Crippen molar-refractivity contribution in [3.05, 3.63) is 52.6 Å². The Bertz CT molecular complexity index is 1080. The Hall–Kier alpha value is -3.51. The predicted molar refractivity (Wildman–Crippen MR) is 105 cm³/mol. The number of carbonyl (C=O) groups is 3. The topological polar surface area (TPSA) is 113 Å². The Labute approximate surface area is 172 Å². The predicted octanol–water partition coefficient (Wildman–Crippen LogP) is 2.38. The molecule has 0 unspecified atom stereocenters. The van der Waals surface area contributed by atoms with Crippen LogP contribution in [0.4, 0.5) is 10.1 Å². The molecular weight excluding hydrogens is 391 g/mol. The normalized spacial score (nSPS) is 13.2. The number of hydrogen-bond acceptors (Lipinski definition) is 5. The molecule has 8 nitrogen and oxygen atoms in total. The van der Waals surface area contributed by atoms with Gasteiger partial charge in [-0.1, -0.05) is 0 Å². The van der Waals surface area contributed by atoms with Crippen LogP contribution in [0.5, 0.6) is 0 Å². The molecule has 3 rings (SSSR count). The second kappa shape index (κ2) is 8.08. The van der Waals surface area contributed by atoms with Gasteiger partial charge in [-0.05, 0) is 45.0 Å². The molecule has 1 aromatic carbocycles. The molecule has 156 valence electrons. The van der Waals surface area contributed by atoms with Gasteiger partial charge in [0.25, 0.3) is 17.6 Å². The van der Waals surface area contributed by atoms with Crippen LogP contribution >= 0.6 is 0 Å². The van der Waals surface area contributed by atoms with Crippen molar-refractivity contribution < 1.29 is 23.5 Å². The van der Waals surface area contributed by atoms with E-state index in [2.05, 4.69) is 10.6 Å². The van der Waals surface area contributed by atoms with Gasteiger partial charge in [0.1, 0.15) is 11.9 Å². The summed E-state index contributed by atoms with van der Waals surface area (Å²) in [6.45, 7) is 6.04. The van der Waals surface area contributed by atoms with E-state index in [9.17, 15) is 18.8 Å². The van der Waals surface area contributed by atoms with Crippen LogP contribution in [-0.4, -0.2) is 34.3 Å². The van der Waals surface area contributed by atoms with E-state index in [0.717, 1.165) is 6.07 Å². The second-order valence-corrected chi connectivity index (χ2v) is 7.89. The molecule has 2 N–H and O–H groups in total. The Morgan fingerprint density at radius 3 is 2.63 bits per heavy atom. The summed E-state index contributed by atoms with van der Waals surface area (Å²) >= 11 is 0. The molecule has 0 aliphatic carbocycles. The highest BCUT2D eigenvalue weighted by atomic mass is 19.1.